The Morgan fingerprint density at radius 3 is 2.44 bits per heavy atom. The number of benzene rings is 1. The molecule has 0 saturated heterocycles. The average molecular weight is 326 g/mol. The van der Waals surface area contributed by atoms with Gasteiger partial charge in [-0.25, -0.2) is 0 Å². The Morgan fingerprint density at radius 1 is 1.33 bits per heavy atom. The first-order chi connectivity index (χ1) is 8.15. The van der Waals surface area contributed by atoms with Gasteiger partial charge in [-0.2, -0.15) is 13.2 Å². The number of alkyl halides is 3. The molecule has 18 heavy (non-hydrogen) atoms. The highest BCUT2D eigenvalue weighted by Gasteiger charge is 2.33. The highest BCUT2D eigenvalue weighted by atomic mass is 79.9. The van der Waals surface area contributed by atoms with Gasteiger partial charge in [-0.1, -0.05) is 22.9 Å². The van der Waals surface area contributed by atoms with Gasteiger partial charge >= 0.3 is 6.18 Å². The summed E-state index contributed by atoms with van der Waals surface area (Å²) in [4.78, 5) is 0. The first-order valence-electron chi connectivity index (χ1n) is 5.49. The third-order valence-electron chi connectivity index (χ3n) is 2.71. The van der Waals surface area contributed by atoms with Crippen LogP contribution in [0.5, 0.6) is 0 Å². The van der Waals surface area contributed by atoms with Crippen molar-refractivity contribution in [1.29, 1.82) is 0 Å². The molecule has 102 valence electrons. The first-order valence-corrected chi connectivity index (χ1v) is 6.28. The van der Waals surface area contributed by atoms with Crippen molar-refractivity contribution >= 4 is 21.6 Å². The van der Waals surface area contributed by atoms with Crippen molar-refractivity contribution in [2.75, 3.05) is 11.9 Å². The summed E-state index contributed by atoms with van der Waals surface area (Å²) in [6, 6.07) is 3.70. The second-order valence-corrected chi connectivity index (χ2v) is 5.31. The number of nitrogens with one attached hydrogen (secondary N) is 1. The lowest BCUT2D eigenvalue weighted by molar-refractivity contribution is -0.137. The highest BCUT2D eigenvalue weighted by Crippen LogP contribution is 2.36. The van der Waals surface area contributed by atoms with Gasteiger partial charge in [0.15, 0.2) is 0 Å². The minimum absolute atomic E-state index is 0.0365. The van der Waals surface area contributed by atoms with Crippen molar-refractivity contribution in [2.24, 2.45) is 0 Å². The van der Waals surface area contributed by atoms with Crippen molar-refractivity contribution in [1.82, 2.24) is 0 Å². The Labute approximate surface area is 112 Å². The Kier molecular flexibility index (Phi) is 4.66. The van der Waals surface area contributed by atoms with Gasteiger partial charge in [-0.15, -0.1) is 0 Å². The lowest BCUT2D eigenvalue weighted by atomic mass is 10.0. The van der Waals surface area contributed by atoms with Gasteiger partial charge in [0.1, 0.15) is 0 Å². The van der Waals surface area contributed by atoms with E-state index in [9.17, 15) is 18.3 Å². The molecule has 6 heteroatoms. The van der Waals surface area contributed by atoms with Crippen LogP contribution in [-0.4, -0.2) is 17.3 Å². The number of anilines is 1. The summed E-state index contributed by atoms with van der Waals surface area (Å²) in [6.45, 7) is 3.40. The smallest absolute Gasteiger partial charge is 0.388 e. The molecular weight excluding hydrogens is 311 g/mol. The Balaban J connectivity index is 2.97. The third-order valence-corrected chi connectivity index (χ3v) is 3.20. The Bertz CT molecular complexity index is 418. The Morgan fingerprint density at radius 2 is 1.94 bits per heavy atom. The van der Waals surface area contributed by atoms with Crippen LogP contribution >= 0.6 is 15.9 Å². The van der Waals surface area contributed by atoms with Crippen LogP contribution in [-0.2, 0) is 6.18 Å². The largest absolute Gasteiger partial charge is 0.418 e. The number of halogens is 4. The van der Waals surface area contributed by atoms with Crippen molar-refractivity contribution < 1.29 is 18.3 Å². The van der Waals surface area contributed by atoms with Gasteiger partial charge in [0, 0.05) is 16.7 Å². The van der Waals surface area contributed by atoms with Gasteiger partial charge in [0.25, 0.3) is 0 Å². The molecule has 0 amide bonds. The van der Waals surface area contributed by atoms with Gasteiger partial charge in [-0.3, -0.25) is 0 Å². The molecule has 1 unspecified atom stereocenters. The fourth-order valence-corrected chi connectivity index (χ4v) is 1.68. The summed E-state index contributed by atoms with van der Waals surface area (Å²) >= 11 is 3.13. The van der Waals surface area contributed by atoms with Crippen LogP contribution in [0.15, 0.2) is 22.7 Å². The molecule has 1 rings (SSSR count). The van der Waals surface area contributed by atoms with Crippen LogP contribution in [0.25, 0.3) is 0 Å². The van der Waals surface area contributed by atoms with E-state index in [-0.39, 0.29) is 12.2 Å². The van der Waals surface area contributed by atoms with E-state index in [1.54, 1.807) is 13.8 Å². The second kappa shape index (κ2) is 5.48. The van der Waals surface area contributed by atoms with E-state index in [2.05, 4.69) is 21.2 Å². The zero-order valence-electron chi connectivity index (χ0n) is 10.1. The van der Waals surface area contributed by atoms with E-state index >= 15 is 0 Å². The molecule has 0 fully saturated rings. The number of hydrogen-bond acceptors (Lipinski definition) is 2. The minimum atomic E-state index is -4.42. The van der Waals surface area contributed by atoms with Crippen molar-refractivity contribution in [3.63, 3.8) is 0 Å². The second-order valence-electron chi connectivity index (χ2n) is 4.39. The fourth-order valence-electron chi connectivity index (χ4n) is 1.32. The molecule has 1 aromatic rings. The lowest BCUT2D eigenvalue weighted by Gasteiger charge is -2.24. The summed E-state index contributed by atoms with van der Waals surface area (Å²) in [5.41, 5.74) is -1.81. The van der Waals surface area contributed by atoms with Gasteiger partial charge in [-0.05, 0) is 31.5 Å². The highest BCUT2D eigenvalue weighted by molar-refractivity contribution is 9.10. The standard InChI is InChI=1S/C12H15BrF3NO/c1-3-11(2,18)7-17-10-6-8(13)4-5-9(10)12(14,15)16/h4-6,17-18H,3,7H2,1-2H3. The van der Waals surface area contributed by atoms with Gasteiger partial charge in [0.2, 0.25) is 0 Å². The Hall–Kier alpha value is -0.750. The van der Waals surface area contributed by atoms with E-state index in [0.717, 1.165) is 6.07 Å². The lowest BCUT2D eigenvalue weighted by Crippen LogP contribution is -2.33. The van der Waals surface area contributed by atoms with Gasteiger partial charge in [0.05, 0.1) is 11.2 Å². The molecule has 0 saturated carbocycles. The molecule has 0 bridgehead atoms. The van der Waals surface area contributed by atoms with Crippen LogP contribution < -0.4 is 5.32 Å². The maximum Gasteiger partial charge on any atom is 0.418 e. The molecule has 1 atom stereocenters. The predicted octanol–water partition coefficient (Wildman–Crippen LogP) is 4.04. The quantitative estimate of drug-likeness (QED) is 0.875. The maximum absolute atomic E-state index is 12.8. The molecule has 2 nitrogen and oxygen atoms in total. The molecule has 0 aliphatic carbocycles. The SMILES string of the molecule is CCC(C)(O)CNc1cc(Br)ccc1C(F)(F)F. The summed E-state index contributed by atoms with van der Waals surface area (Å²) in [6.07, 6.45) is -3.96. The summed E-state index contributed by atoms with van der Waals surface area (Å²) in [7, 11) is 0. The number of rotatable bonds is 4. The van der Waals surface area contributed by atoms with E-state index in [1.165, 1.54) is 12.1 Å². The predicted molar refractivity (Wildman–Crippen MR) is 68.5 cm³/mol. The molecule has 0 aliphatic rings. The molecule has 2 N–H and O–H groups in total. The minimum Gasteiger partial charge on any atom is -0.388 e. The zero-order valence-corrected chi connectivity index (χ0v) is 11.7. The van der Waals surface area contributed by atoms with Crippen LogP contribution in [0, 0.1) is 0 Å². The average Bonchev–Trinajstić information content (AvgIpc) is 2.25. The van der Waals surface area contributed by atoms with Crippen molar-refractivity contribution in [2.45, 2.75) is 32.0 Å². The molecule has 0 spiro atoms. The number of aliphatic hydroxyl groups is 1. The molecule has 0 aliphatic heterocycles. The van der Waals surface area contributed by atoms with E-state index in [1.807, 2.05) is 0 Å². The monoisotopic (exact) mass is 325 g/mol. The first kappa shape index (κ1) is 15.3. The third kappa shape index (κ3) is 4.17. The number of hydrogen-bond donors (Lipinski definition) is 2. The van der Waals surface area contributed by atoms with E-state index in [0.29, 0.717) is 10.9 Å². The maximum atomic E-state index is 12.8. The van der Waals surface area contributed by atoms with Crippen LogP contribution in [0.1, 0.15) is 25.8 Å². The molecule has 0 aromatic heterocycles. The van der Waals surface area contributed by atoms with Crippen LogP contribution in [0.2, 0.25) is 0 Å². The fraction of sp³-hybridized carbons (Fsp3) is 0.500. The van der Waals surface area contributed by atoms with Crippen LogP contribution in [0.4, 0.5) is 18.9 Å². The van der Waals surface area contributed by atoms with Crippen LogP contribution in [0.3, 0.4) is 0 Å². The summed E-state index contributed by atoms with van der Waals surface area (Å²) in [5, 5.41) is 12.4. The van der Waals surface area contributed by atoms with Crippen molar-refractivity contribution in [3.05, 3.63) is 28.2 Å². The van der Waals surface area contributed by atoms with Gasteiger partial charge < -0.3 is 10.4 Å². The molecule has 0 radical (unpaired) electrons. The van der Waals surface area contributed by atoms with E-state index < -0.39 is 17.3 Å². The normalized spacial score (nSPS) is 15.3. The molecule has 0 heterocycles. The summed E-state index contributed by atoms with van der Waals surface area (Å²) in [5.74, 6) is 0. The van der Waals surface area contributed by atoms with E-state index in [4.69, 9.17) is 0 Å². The topological polar surface area (TPSA) is 32.3 Å². The van der Waals surface area contributed by atoms with Crippen molar-refractivity contribution in [3.8, 4) is 0 Å². The zero-order chi connectivity index (χ0) is 14.0. The molecular formula is C12H15BrF3NO. The molecule has 1 aromatic carbocycles. The summed E-state index contributed by atoms with van der Waals surface area (Å²) < 4.78 is 38.8.